The maximum atomic E-state index is 7.10. The number of pyridine rings is 1. The summed E-state index contributed by atoms with van der Waals surface area (Å²) in [6.45, 7) is 16.4. The minimum atomic E-state index is -1.43. The van der Waals surface area contributed by atoms with Gasteiger partial charge in [-0.2, -0.15) is 4.57 Å². The highest BCUT2D eigenvalue weighted by Crippen LogP contribution is 2.51. The molecule has 43 heavy (non-hydrogen) atoms. The first kappa shape index (κ1) is 26.9. The number of benzene rings is 3. The van der Waals surface area contributed by atoms with Crippen molar-refractivity contribution in [3.05, 3.63) is 95.4 Å². The maximum absolute atomic E-state index is 7.10. The predicted molar refractivity (Wildman–Crippen MR) is 180 cm³/mol. The van der Waals surface area contributed by atoms with E-state index in [4.69, 9.17) is 4.74 Å². The van der Waals surface area contributed by atoms with Crippen LogP contribution in [0.2, 0.25) is 19.6 Å². The summed E-state index contributed by atoms with van der Waals surface area (Å²) in [5, 5.41) is 4.23. The molecule has 2 aliphatic rings. The first-order chi connectivity index (χ1) is 20.5. The molecule has 0 aliphatic carbocycles. The molecule has 0 fully saturated rings. The van der Waals surface area contributed by atoms with Crippen LogP contribution >= 0.6 is 11.3 Å². The molecule has 3 aromatic heterocycles. The summed E-state index contributed by atoms with van der Waals surface area (Å²) in [7, 11) is 0.756. The van der Waals surface area contributed by atoms with Crippen LogP contribution in [0.25, 0.3) is 42.8 Å². The third-order valence-corrected chi connectivity index (χ3v) is 13.2. The minimum absolute atomic E-state index is 0.0214. The number of nitrogens with zero attached hydrogens (tertiary/aromatic N) is 3. The molecule has 8 rings (SSSR count). The Balaban J connectivity index is 1.50. The Bertz CT molecular complexity index is 2130. The number of thiophene rings is 1. The molecule has 2 aliphatic heterocycles. The summed E-state index contributed by atoms with van der Waals surface area (Å²) < 4.78 is 17.2. The zero-order valence-electron chi connectivity index (χ0n) is 26.3. The van der Waals surface area contributed by atoms with Crippen LogP contribution in [0.4, 0.5) is 0 Å². The largest absolute Gasteiger partial charge is 0.429 e. The fourth-order valence-electron chi connectivity index (χ4n) is 7.27. The molecule has 6 heteroatoms. The zero-order chi connectivity index (χ0) is 29.9. The molecule has 0 saturated heterocycles. The Hall–Kier alpha value is -3.74. The van der Waals surface area contributed by atoms with E-state index in [-0.39, 0.29) is 12.3 Å². The molecule has 216 valence electrons. The Morgan fingerprint density at radius 3 is 2.47 bits per heavy atom. The van der Waals surface area contributed by atoms with Gasteiger partial charge in [0.05, 0.1) is 20.7 Å². The van der Waals surface area contributed by atoms with Gasteiger partial charge in [0.15, 0.2) is 6.20 Å². The fraction of sp³-hybridized carbons (Fsp3) is 0.297. The number of hydrogen-bond acceptors (Lipinski definition) is 2. The number of fused-ring (bicyclic) bond motifs is 14. The molecule has 2 unspecified atom stereocenters. The van der Waals surface area contributed by atoms with Gasteiger partial charge in [-0.15, -0.1) is 11.3 Å². The third kappa shape index (κ3) is 3.72. The Morgan fingerprint density at radius 1 is 0.930 bits per heavy atom. The Labute approximate surface area is 258 Å². The van der Waals surface area contributed by atoms with E-state index in [1.807, 2.05) is 11.3 Å². The van der Waals surface area contributed by atoms with E-state index in [0.717, 1.165) is 11.3 Å². The summed E-state index contributed by atoms with van der Waals surface area (Å²) >= 11 is 1.96. The van der Waals surface area contributed by atoms with Crippen molar-refractivity contribution in [3.63, 3.8) is 0 Å². The number of aromatic nitrogens is 3. The molecule has 2 atom stereocenters. The van der Waals surface area contributed by atoms with Crippen molar-refractivity contribution in [2.75, 3.05) is 0 Å². The van der Waals surface area contributed by atoms with Crippen molar-refractivity contribution in [1.29, 1.82) is 0 Å². The van der Waals surface area contributed by atoms with Gasteiger partial charge < -0.3 is 4.74 Å². The van der Waals surface area contributed by atoms with Crippen LogP contribution in [0.15, 0.2) is 72.9 Å². The number of ether oxygens (including phenoxy) is 1. The maximum Gasteiger partial charge on any atom is 0.348 e. The van der Waals surface area contributed by atoms with Gasteiger partial charge in [0.1, 0.15) is 22.7 Å². The topological polar surface area (TPSA) is 21.9 Å². The van der Waals surface area contributed by atoms with Crippen molar-refractivity contribution >= 4 is 44.8 Å². The van der Waals surface area contributed by atoms with Crippen LogP contribution in [-0.4, -0.2) is 12.6 Å². The molecule has 4 nitrogen and oxygen atoms in total. The highest BCUT2D eigenvalue weighted by Gasteiger charge is 2.52. The fourth-order valence-corrected chi connectivity index (χ4v) is 9.84. The second-order valence-electron chi connectivity index (χ2n) is 13.7. The van der Waals surface area contributed by atoms with Crippen molar-refractivity contribution in [2.45, 2.75) is 65.5 Å². The van der Waals surface area contributed by atoms with E-state index in [9.17, 15) is 0 Å². The average Bonchev–Trinajstić information content (AvgIpc) is 3.40. The smallest absolute Gasteiger partial charge is 0.348 e. The van der Waals surface area contributed by atoms with Gasteiger partial charge >= 0.3 is 6.23 Å². The molecule has 0 radical (unpaired) electrons. The second-order valence-corrected chi connectivity index (χ2v) is 19.9. The normalized spacial score (nSPS) is 17.2. The first-order valence-electron chi connectivity index (χ1n) is 15.4. The highest BCUT2D eigenvalue weighted by molar-refractivity contribution is 7.26. The molecule has 0 bridgehead atoms. The van der Waals surface area contributed by atoms with E-state index >= 15 is 0 Å². The minimum Gasteiger partial charge on any atom is -0.429 e. The molecular weight excluding hydrogens is 563 g/mol. The standard InChI is InChI=1S/C37H39N3OSSi/c1-21(2)24-17-18-39-30(19-24)33-29(16-15-27-26-14-13-25(43(6,7)8)20-32(26)42-35(27)33)34-37(39)41-31-12-10-9-11-28(31)36-38(5)22(3)23(4)40(34)36/h9-21,34,37H,1-8H3/q+2. The lowest BCUT2D eigenvalue weighted by Crippen LogP contribution is -2.51. The molecule has 5 heterocycles. The van der Waals surface area contributed by atoms with Gasteiger partial charge in [-0.3, -0.25) is 0 Å². The molecular formula is C37H39N3OSSi+2. The van der Waals surface area contributed by atoms with E-state index in [0.29, 0.717) is 5.92 Å². The van der Waals surface area contributed by atoms with Crippen molar-refractivity contribution in [1.82, 2.24) is 4.57 Å². The molecule has 0 saturated carbocycles. The molecule has 6 aromatic rings. The van der Waals surface area contributed by atoms with Crippen molar-refractivity contribution < 1.29 is 13.9 Å². The Morgan fingerprint density at radius 2 is 1.70 bits per heavy atom. The number of rotatable bonds is 2. The van der Waals surface area contributed by atoms with Crippen LogP contribution < -0.4 is 19.1 Å². The van der Waals surface area contributed by atoms with Crippen molar-refractivity contribution in [3.8, 4) is 28.4 Å². The van der Waals surface area contributed by atoms with E-state index < -0.39 is 8.07 Å². The summed E-state index contributed by atoms with van der Waals surface area (Å²) in [5.41, 5.74) is 8.98. The molecule has 3 aromatic carbocycles. The number of hydrogen-bond donors (Lipinski definition) is 0. The summed E-state index contributed by atoms with van der Waals surface area (Å²) in [5.74, 6) is 2.56. The van der Waals surface area contributed by atoms with E-state index in [2.05, 4.69) is 141 Å². The monoisotopic (exact) mass is 601 g/mol. The van der Waals surface area contributed by atoms with Gasteiger partial charge in [0, 0.05) is 51.7 Å². The van der Waals surface area contributed by atoms with Crippen LogP contribution in [-0.2, 0) is 7.05 Å². The quantitative estimate of drug-likeness (QED) is 0.145. The number of para-hydroxylation sites is 1. The summed E-state index contributed by atoms with van der Waals surface area (Å²) in [6.07, 6.45) is 2.06. The predicted octanol–water partition coefficient (Wildman–Crippen LogP) is 8.08. The van der Waals surface area contributed by atoms with E-state index in [1.165, 1.54) is 65.0 Å². The third-order valence-electron chi connectivity index (χ3n) is 9.92. The zero-order valence-corrected chi connectivity index (χ0v) is 28.1. The van der Waals surface area contributed by atoms with Crippen molar-refractivity contribution in [2.24, 2.45) is 7.05 Å². The lowest BCUT2D eigenvalue weighted by molar-refractivity contribution is -0.750. The average molecular weight is 602 g/mol. The summed E-state index contributed by atoms with van der Waals surface area (Å²) in [6, 6.07) is 25.2. The van der Waals surface area contributed by atoms with Crippen LogP contribution in [0.1, 0.15) is 54.5 Å². The number of imidazole rings is 1. The van der Waals surface area contributed by atoms with E-state index in [1.54, 1.807) is 0 Å². The first-order valence-corrected chi connectivity index (χ1v) is 19.7. The van der Waals surface area contributed by atoms with Gasteiger partial charge in [-0.1, -0.05) is 75.1 Å². The second kappa shape index (κ2) is 9.13. The van der Waals surface area contributed by atoms with Crippen LogP contribution in [0.5, 0.6) is 5.75 Å². The lowest BCUT2D eigenvalue weighted by Gasteiger charge is -2.28. The van der Waals surface area contributed by atoms with Gasteiger partial charge in [-0.25, -0.2) is 9.13 Å². The SMILES string of the molecule is Cc1c(C)[n+](C)c2n1C1c3ccc4c(sc5cc([Si](C)(C)C)ccc54)c3-c3cc(C(C)C)cc[n+]3C1Oc1ccccc1-2. The Kier molecular flexibility index (Phi) is 5.70. The molecule has 0 spiro atoms. The van der Waals surface area contributed by atoms with Crippen LogP contribution in [0.3, 0.4) is 0 Å². The molecule has 0 amide bonds. The van der Waals surface area contributed by atoms with Crippen LogP contribution in [0, 0.1) is 13.8 Å². The highest BCUT2D eigenvalue weighted by atomic mass is 32.1. The van der Waals surface area contributed by atoms with Gasteiger partial charge in [0.25, 0.3) is 5.82 Å². The summed E-state index contributed by atoms with van der Waals surface area (Å²) in [4.78, 5) is 0. The van der Waals surface area contributed by atoms with Gasteiger partial charge in [0.2, 0.25) is 11.7 Å². The van der Waals surface area contributed by atoms with Gasteiger partial charge in [-0.05, 0) is 29.7 Å². The lowest BCUT2D eigenvalue weighted by atomic mass is 9.88. The molecule has 0 N–H and O–H groups in total.